The molecule has 0 atom stereocenters. The van der Waals surface area contributed by atoms with Crippen LogP contribution in [0.1, 0.15) is 38.7 Å². The number of nitrogens with zero attached hydrogens (tertiary/aromatic N) is 1. The van der Waals surface area contributed by atoms with Crippen LogP contribution in [0.4, 0.5) is 18.9 Å². The maximum Gasteiger partial charge on any atom is 0.393 e. The summed E-state index contributed by atoms with van der Waals surface area (Å²) in [5.41, 5.74) is 0.634. The van der Waals surface area contributed by atoms with Gasteiger partial charge in [-0.15, -0.1) is 0 Å². The Bertz CT molecular complexity index is 950. The van der Waals surface area contributed by atoms with E-state index in [1.165, 1.54) is 24.3 Å². The second kappa shape index (κ2) is 10.7. The summed E-state index contributed by atoms with van der Waals surface area (Å²) in [7, 11) is 0. The van der Waals surface area contributed by atoms with Gasteiger partial charge in [-0.3, -0.25) is 9.59 Å². The third kappa shape index (κ3) is 7.51. The lowest BCUT2D eigenvalue weighted by molar-refractivity contribution is -0.135. The van der Waals surface area contributed by atoms with Gasteiger partial charge in [0.25, 0.3) is 0 Å². The van der Waals surface area contributed by atoms with Gasteiger partial charge in [0, 0.05) is 25.4 Å². The number of piperidine rings is 1. The molecule has 0 aromatic heterocycles. The molecule has 1 saturated heterocycles. The van der Waals surface area contributed by atoms with Gasteiger partial charge in [0.05, 0.1) is 12.1 Å². The van der Waals surface area contributed by atoms with Crippen molar-refractivity contribution in [2.75, 3.05) is 18.4 Å². The number of likely N-dealkylation sites (tertiary alicyclic amines) is 1. The van der Waals surface area contributed by atoms with E-state index in [0.29, 0.717) is 55.5 Å². The summed E-state index contributed by atoms with van der Waals surface area (Å²) in [5.74, 6) is 0.864. The number of carbonyl (C=O) groups is 2. The van der Waals surface area contributed by atoms with E-state index in [1.54, 1.807) is 24.3 Å². The molecule has 1 fully saturated rings. The summed E-state index contributed by atoms with van der Waals surface area (Å²) in [6.07, 6.45) is -3.56. The van der Waals surface area contributed by atoms with Crippen LogP contribution in [0.2, 0.25) is 0 Å². The Labute approximate surface area is 191 Å². The molecule has 0 spiro atoms. The Hall–Kier alpha value is -3.03. The van der Waals surface area contributed by atoms with Gasteiger partial charge >= 0.3 is 6.18 Å². The predicted octanol–water partition coefficient (Wildman–Crippen LogP) is 5.81. The number of hydrogen-bond donors (Lipinski definition) is 1. The first-order chi connectivity index (χ1) is 15.6. The third-order valence-corrected chi connectivity index (χ3v) is 5.50. The number of carbonyl (C=O) groups excluding carboxylic acids is 2. The summed E-state index contributed by atoms with van der Waals surface area (Å²) in [4.78, 5) is 26.9. The smallest absolute Gasteiger partial charge is 0.393 e. The van der Waals surface area contributed by atoms with Crippen molar-refractivity contribution in [3.8, 4) is 11.5 Å². The minimum absolute atomic E-state index is 0.129. The van der Waals surface area contributed by atoms with Crippen LogP contribution in [0.15, 0.2) is 48.5 Å². The largest absolute Gasteiger partial charge is 0.455 e. The number of halogens is 3. The molecule has 178 valence electrons. The summed E-state index contributed by atoms with van der Waals surface area (Å²) in [6.45, 7) is 5.14. The molecule has 1 N–H and O–H groups in total. The first-order valence-corrected chi connectivity index (χ1v) is 11.1. The molecule has 5 nitrogen and oxygen atoms in total. The van der Waals surface area contributed by atoms with Gasteiger partial charge in [0.1, 0.15) is 5.75 Å². The minimum atomic E-state index is -4.27. The number of alkyl halides is 3. The number of benzene rings is 2. The third-order valence-electron chi connectivity index (χ3n) is 5.50. The molecule has 2 amide bonds. The summed E-state index contributed by atoms with van der Waals surface area (Å²) in [5, 5.41) is 2.90. The van der Waals surface area contributed by atoms with Crippen LogP contribution in [0.5, 0.6) is 11.5 Å². The number of hydrogen-bond acceptors (Lipinski definition) is 3. The average Bonchev–Trinajstić information content (AvgIpc) is 2.75. The fraction of sp³-hybridized carbons (Fsp3) is 0.440. The molecule has 0 bridgehead atoms. The van der Waals surface area contributed by atoms with Gasteiger partial charge in [-0.1, -0.05) is 38.1 Å². The summed E-state index contributed by atoms with van der Waals surface area (Å²) >= 11 is 0. The van der Waals surface area contributed by atoms with E-state index < -0.39 is 12.6 Å². The molecule has 0 radical (unpaired) electrons. The van der Waals surface area contributed by atoms with Crippen LogP contribution in [0.25, 0.3) is 0 Å². The number of anilines is 1. The van der Waals surface area contributed by atoms with Crippen molar-refractivity contribution >= 4 is 17.5 Å². The molecule has 8 heteroatoms. The highest BCUT2D eigenvalue weighted by Crippen LogP contribution is 2.31. The van der Waals surface area contributed by atoms with E-state index in [0.717, 1.165) is 0 Å². The lowest BCUT2D eigenvalue weighted by Gasteiger charge is -2.32. The van der Waals surface area contributed by atoms with Gasteiger partial charge in [-0.2, -0.15) is 13.2 Å². The fourth-order valence-electron chi connectivity index (χ4n) is 3.80. The van der Waals surface area contributed by atoms with Crippen LogP contribution in [0.3, 0.4) is 0 Å². The molecule has 0 saturated carbocycles. The van der Waals surface area contributed by atoms with E-state index in [1.807, 2.05) is 18.7 Å². The maximum absolute atomic E-state index is 12.8. The fourth-order valence-corrected chi connectivity index (χ4v) is 3.80. The monoisotopic (exact) mass is 462 g/mol. The zero-order chi connectivity index (χ0) is 24.0. The quantitative estimate of drug-likeness (QED) is 0.565. The van der Waals surface area contributed by atoms with Crippen molar-refractivity contribution in [2.45, 2.75) is 45.7 Å². The summed E-state index contributed by atoms with van der Waals surface area (Å²) < 4.78 is 43.4. The van der Waals surface area contributed by atoms with Crippen LogP contribution >= 0.6 is 0 Å². The highest BCUT2D eigenvalue weighted by atomic mass is 19.4. The molecular formula is C25H29F3N2O3. The Kier molecular flexibility index (Phi) is 8.00. The molecule has 2 aromatic rings. The molecule has 2 aromatic carbocycles. The molecule has 3 rings (SSSR count). The van der Waals surface area contributed by atoms with E-state index >= 15 is 0 Å². The normalized spacial score (nSPS) is 14.9. The first kappa shape index (κ1) is 24.6. The zero-order valence-electron chi connectivity index (χ0n) is 18.8. The Balaban J connectivity index is 1.58. The van der Waals surface area contributed by atoms with Crippen molar-refractivity contribution in [3.05, 3.63) is 54.1 Å². The minimum Gasteiger partial charge on any atom is -0.455 e. The Morgan fingerprint density at radius 1 is 1.06 bits per heavy atom. The van der Waals surface area contributed by atoms with Crippen LogP contribution in [-0.4, -0.2) is 36.0 Å². The van der Waals surface area contributed by atoms with Gasteiger partial charge < -0.3 is 15.0 Å². The van der Waals surface area contributed by atoms with Crippen molar-refractivity contribution in [1.29, 1.82) is 0 Å². The lowest BCUT2D eigenvalue weighted by Crippen LogP contribution is -2.41. The topological polar surface area (TPSA) is 58.6 Å². The molecule has 0 unspecified atom stereocenters. The van der Waals surface area contributed by atoms with Crippen molar-refractivity contribution < 1.29 is 27.5 Å². The first-order valence-electron chi connectivity index (χ1n) is 11.1. The Morgan fingerprint density at radius 3 is 2.30 bits per heavy atom. The molecule has 1 aliphatic heterocycles. The molecule has 33 heavy (non-hydrogen) atoms. The number of nitrogens with one attached hydrogen (secondary N) is 1. The van der Waals surface area contributed by atoms with Gasteiger partial charge in [0.2, 0.25) is 11.8 Å². The standard InChI is InChI=1S/C25H29F3N2O3/c1-17(2)15-23(31)30-13-11-19(12-14-30)24(32)29-21-5-3-4-6-22(21)33-20-9-7-18(8-10-20)16-25(26,27)28/h3-10,17,19H,11-16H2,1-2H3,(H,29,32). The van der Waals surface area contributed by atoms with Gasteiger partial charge in [-0.05, 0) is 48.6 Å². The average molecular weight is 463 g/mol. The van der Waals surface area contributed by atoms with Gasteiger partial charge in [0.15, 0.2) is 5.75 Å². The van der Waals surface area contributed by atoms with Crippen LogP contribution < -0.4 is 10.1 Å². The van der Waals surface area contributed by atoms with Gasteiger partial charge in [-0.25, -0.2) is 0 Å². The van der Waals surface area contributed by atoms with E-state index in [2.05, 4.69) is 5.32 Å². The number of para-hydroxylation sites is 2. The van der Waals surface area contributed by atoms with Crippen molar-refractivity contribution in [1.82, 2.24) is 4.90 Å². The van der Waals surface area contributed by atoms with Crippen LogP contribution in [-0.2, 0) is 16.0 Å². The molecule has 1 heterocycles. The SMILES string of the molecule is CC(C)CC(=O)N1CCC(C(=O)Nc2ccccc2Oc2ccc(CC(F)(F)F)cc2)CC1. The molecule has 0 aliphatic carbocycles. The highest BCUT2D eigenvalue weighted by molar-refractivity contribution is 5.94. The van der Waals surface area contributed by atoms with Crippen molar-refractivity contribution in [2.24, 2.45) is 11.8 Å². The molecular weight excluding hydrogens is 433 g/mol. The summed E-state index contributed by atoms with van der Waals surface area (Å²) in [6, 6.07) is 12.6. The number of amides is 2. The predicted molar refractivity (Wildman–Crippen MR) is 120 cm³/mol. The van der Waals surface area contributed by atoms with E-state index in [9.17, 15) is 22.8 Å². The maximum atomic E-state index is 12.8. The highest BCUT2D eigenvalue weighted by Gasteiger charge is 2.28. The number of ether oxygens (including phenoxy) is 1. The van der Waals surface area contributed by atoms with E-state index in [4.69, 9.17) is 4.74 Å². The Morgan fingerprint density at radius 2 is 1.70 bits per heavy atom. The second-order valence-electron chi connectivity index (χ2n) is 8.78. The zero-order valence-corrected chi connectivity index (χ0v) is 18.8. The second-order valence-corrected chi connectivity index (χ2v) is 8.78. The lowest BCUT2D eigenvalue weighted by atomic mass is 9.95. The van der Waals surface area contributed by atoms with Crippen molar-refractivity contribution in [3.63, 3.8) is 0 Å². The number of rotatable bonds is 7. The van der Waals surface area contributed by atoms with Crippen LogP contribution in [0, 0.1) is 11.8 Å². The molecule has 1 aliphatic rings. The van der Waals surface area contributed by atoms with E-state index in [-0.39, 0.29) is 23.3 Å².